The number of hydrogen-bond donors (Lipinski definition) is 3. The zero-order valence-electron chi connectivity index (χ0n) is 13.0. The standard InChI is InChI=1S/C17H21N3O3/c1-20-10-13(9-18-20)17(12-7-15(22)8-12)19-16(23)6-11-3-2-4-14(21)5-11/h2-5,9-10,12,15,17,21-22H,6-8H2,1H3,(H,19,23). The summed E-state index contributed by atoms with van der Waals surface area (Å²) >= 11 is 0. The highest BCUT2D eigenvalue weighted by Gasteiger charge is 2.36. The van der Waals surface area contributed by atoms with E-state index >= 15 is 0 Å². The van der Waals surface area contributed by atoms with Crippen LogP contribution in [0.5, 0.6) is 5.75 Å². The summed E-state index contributed by atoms with van der Waals surface area (Å²) < 4.78 is 1.71. The van der Waals surface area contributed by atoms with Crippen LogP contribution in [-0.2, 0) is 18.3 Å². The first kappa shape index (κ1) is 15.6. The highest BCUT2D eigenvalue weighted by molar-refractivity contribution is 5.79. The van der Waals surface area contributed by atoms with Gasteiger partial charge in [0, 0.05) is 18.8 Å². The molecule has 1 unspecified atom stereocenters. The van der Waals surface area contributed by atoms with Gasteiger partial charge in [-0.2, -0.15) is 5.10 Å². The number of aliphatic hydroxyl groups is 1. The molecule has 0 aliphatic heterocycles. The summed E-state index contributed by atoms with van der Waals surface area (Å²) in [6.07, 6.45) is 4.95. The number of rotatable bonds is 5. The van der Waals surface area contributed by atoms with Crippen LogP contribution < -0.4 is 5.32 Å². The summed E-state index contributed by atoms with van der Waals surface area (Å²) in [6, 6.07) is 6.56. The van der Waals surface area contributed by atoms with Crippen LogP contribution in [0.1, 0.15) is 30.0 Å². The van der Waals surface area contributed by atoms with Crippen LogP contribution in [0.15, 0.2) is 36.7 Å². The zero-order chi connectivity index (χ0) is 16.4. The van der Waals surface area contributed by atoms with Crippen molar-refractivity contribution in [2.45, 2.75) is 31.4 Å². The molecule has 0 spiro atoms. The molecule has 0 radical (unpaired) electrons. The molecule has 1 aromatic heterocycles. The third kappa shape index (κ3) is 3.71. The van der Waals surface area contributed by atoms with E-state index in [0.717, 1.165) is 11.1 Å². The molecule has 0 saturated heterocycles. The van der Waals surface area contributed by atoms with Gasteiger partial charge in [0.25, 0.3) is 0 Å². The molecule has 6 nitrogen and oxygen atoms in total. The maximum atomic E-state index is 12.4. The molecule has 1 amide bonds. The second-order valence-electron chi connectivity index (χ2n) is 6.22. The number of nitrogens with one attached hydrogen (secondary N) is 1. The topological polar surface area (TPSA) is 87.4 Å². The van der Waals surface area contributed by atoms with Crippen molar-refractivity contribution in [1.82, 2.24) is 15.1 Å². The number of aromatic nitrogens is 2. The lowest BCUT2D eigenvalue weighted by atomic mass is 9.75. The van der Waals surface area contributed by atoms with Crippen molar-refractivity contribution >= 4 is 5.91 Å². The Hall–Kier alpha value is -2.34. The van der Waals surface area contributed by atoms with Gasteiger partial charge in [-0.05, 0) is 36.5 Å². The molecule has 3 N–H and O–H groups in total. The molecule has 1 aliphatic rings. The summed E-state index contributed by atoms with van der Waals surface area (Å²) in [7, 11) is 1.84. The fraction of sp³-hybridized carbons (Fsp3) is 0.412. The molecule has 0 bridgehead atoms. The number of amides is 1. The Morgan fingerprint density at radius 1 is 1.48 bits per heavy atom. The minimum Gasteiger partial charge on any atom is -0.508 e. The first-order valence-electron chi connectivity index (χ1n) is 7.75. The maximum absolute atomic E-state index is 12.4. The number of hydrogen-bond acceptors (Lipinski definition) is 4. The molecule has 122 valence electrons. The number of benzene rings is 1. The monoisotopic (exact) mass is 315 g/mol. The quantitative estimate of drug-likeness (QED) is 0.776. The molecule has 1 aliphatic carbocycles. The van der Waals surface area contributed by atoms with Crippen molar-refractivity contribution in [3.63, 3.8) is 0 Å². The van der Waals surface area contributed by atoms with E-state index in [4.69, 9.17) is 0 Å². The average molecular weight is 315 g/mol. The van der Waals surface area contributed by atoms with Crippen LogP contribution in [0.4, 0.5) is 0 Å². The first-order valence-corrected chi connectivity index (χ1v) is 7.75. The van der Waals surface area contributed by atoms with Crippen molar-refractivity contribution in [2.75, 3.05) is 0 Å². The van der Waals surface area contributed by atoms with E-state index in [1.807, 2.05) is 19.3 Å². The molecule has 1 fully saturated rings. The van der Waals surface area contributed by atoms with E-state index in [9.17, 15) is 15.0 Å². The van der Waals surface area contributed by atoms with E-state index < -0.39 is 0 Å². The normalized spacial score (nSPS) is 21.5. The third-order valence-corrected chi connectivity index (χ3v) is 4.30. The van der Waals surface area contributed by atoms with E-state index in [1.54, 1.807) is 29.1 Å². The third-order valence-electron chi connectivity index (χ3n) is 4.30. The minimum absolute atomic E-state index is 0.106. The van der Waals surface area contributed by atoms with E-state index in [2.05, 4.69) is 10.4 Å². The Kier molecular flexibility index (Phi) is 4.34. The van der Waals surface area contributed by atoms with Crippen LogP contribution in [0.3, 0.4) is 0 Å². The van der Waals surface area contributed by atoms with E-state index in [1.165, 1.54) is 0 Å². The molecule has 23 heavy (non-hydrogen) atoms. The van der Waals surface area contributed by atoms with Gasteiger partial charge < -0.3 is 15.5 Å². The van der Waals surface area contributed by atoms with Gasteiger partial charge in [-0.15, -0.1) is 0 Å². The number of aromatic hydroxyl groups is 1. The van der Waals surface area contributed by atoms with E-state index in [0.29, 0.717) is 12.8 Å². The summed E-state index contributed by atoms with van der Waals surface area (Å²) in [6.45, 7) is 0. The van der Waals surface area contributed by atoms with Gasteiger partial charge in [-0.25, -0.2) is 0 Å². The Bertz CT molecular complexity index is 692. The maximum Gasteiger partial charge on any atom is 0.224 e. The summed E-state index contributed by atoms with van der Waals surface area (Å²) in [5, 5.41) is 26.3. The molecular weight excluding hydrogens is 294 g/mol. The minimum atomic E-state index is -0.276. The number of carbonyl (C=O) groups excluding carboxylic acids is 1. The average Bonchev–Trinajstić information content (AvgIpc) is 2.88. The second-order valence-corrected chi connectivity index (χ2v) is 6.22. The molecule has 1 heterocycles. The van der Waals surface area contributed by atoms with Gasteiger partial charge in [-0.1, -0.05) is 12.1 Å². The van der Waals surface area contributed by atoms with Gasteiger partial charge in [0.05, 0.1) is 24.8 Å². The number of phenolic OH excluding ortho intramolecular Hbond substituents is 1. The fourth-order valence-electron chi connectivity index (χ4n) is 3.05. The number of phenols is 1. The summed E-state index contributed by atoms with van der Waals surface area (Å²) in [5.74, 6) is 0.273. The molecule has 1 atom stereocenters. The van der Waals surface area contributed by atoms with Crippen molar-refractivity contribution in [3.05, 3.63) is 47.8 Å². The predicted octanol–water partition coefficient (Wildman–Crippen LogP) is 1.30. The highest BCUT2D eigenvalue weighted by atomic mass is 16.3. The smallest absolute Gasteiger partial charge is 0.224 e. The van der Waals surface area contributed by atoms with Gasteiger partial charge in [0.2, 0.25) is 5.91 Å². The second kappa shape index (κ2) is 6.42. The number of aryl methyl sites for hydroxylation is 1. The molecule has 3 rings (SSSR count). The SMILES string of the molecule is Cn1cc(C(NC(=O)Cc2cccc(O)c2)C2CC(O)C2)cn1. The van der Waals surface area contributed by atoms with Gasteiger partial charge in [0.1, 0.15) is 5.75 Å². The Balaban J connectivity index is 1.69. The number of carbonyl (C=O) groups is 1. The van der Waals surface area contributed by atoms with Gasteiger partial charge in [-0.3, -0.25) is 9.48 Å². The highest BCUT2D eigenvalue weighted by Crippen LogP contribution is 2.38. The summed E-state index contributed by atoms with van der Waals surface area (Å²) in [5.41, 5.74) is 1.72. The van der Waals surface area contributed by atoms with E-state index in [-0.39, 0.29) is 36.1 Å². The van der Waals surface area contributed by atoms with Crippen molar-refractivity contribution in [2.24, 2.45) is 13.0 Å². The molecule has 1 saturated carbocycles. The van der Waals surface area contributed by atoms with Crippen LogP contribution in [-0.4, -0.2) is 32.0 Å². The van der Waals surface area contributed by atoms with Crippen molar-refractivity contribution < 1.29 is 15.0 Å². The van der Waals surface area contributed by atoms with Gasteiger partial charge >= 0.3 is 0 Å². The molecule has 1 aromatic carbocycles. The lowest BCUT2D eigenvalue weighted by Crippen LogP contribution is -2.41. The Labute approximate surface area is 134 Å². The van der Waals surface area contributed by atoms with Crippen molar-refractivity contribution in [1.29, 1.82) is 0 Å². The van der Waals surface area contributed by atoms with Crippen molar-refractivity contribution in [3.8, 4) is 5.75 Å². The lowest BCUT2D eigenvalue weighted by molar-refractivity contribution is -0.122. The first-order chi connectivity index (χ1) is 11.0. The molecule has 2 aromatic rings. The number of nitrogens with zero attached hydrogens (tertiary/aromatic N) is 2. The largest absolute Gasteiger partial charge is 0.508 e. The van der Waals surface area contributed by atoms with Crippen LogP contribution in [0, 0.1) is 5.92 Å². The van der Waals surface area contributed by atoms with Crippen LogP contribution in [0.25, 0.3) is 0 Å². The number of aliphatic hydroxyl groups excluding tert-OH is 1. The van der Waals surface area contributed by atoms with Gasteiger partial charge in [0.15, 0.2) is 0 Å². The Morgan fingerprint density at radius 2 is 2.26 bits per heavy atom. The van der Waals surface area contributed by atoms with Crippen LogP contribution >= 0.6 is 0 Å². The zero-order valence-corrected chi connectivity index (χ0v) is 13.0. The van der Waals surface area contributed by atoms with Crippen LogP contribution in [0.2, 0.25) is 0 Å². The summed E-state index contributed by atoms with van der Waals surface area (Å²) in [4.78, 5) is 12.4. The lowest BCUT2D eigenvalue weighted by Gasteiger charge is -2.37. The fourth-order valence-corrected chi connectivity index (χ4v) is 3.05. The molecular formula is C17H21N3O3. The Morgan fingerprint density at radius 3 is 2.87 bits per heavy atom. The predicted molar refractivity (Wildman–Crippen MR) is 84.6 cm³/mol. The molecule has 6 heteroatoms.